The number of halogens is 2. The first-order chi connectivity index (χ1) is 66.9. The molecule has 11 aromatic heterocycles. The molecular weight excluding hydrogens is 2080 g/mol. The molecule has 8 unspecified atom stereocenters. The molecule has 4 aliphatic rings. The SMILES string of the molecule is CCCCC(CC)C[Si]1(CC(CC)CCCC)c2cc(Br)sc2-c2sc(-c3ccc(-c4cc5c(s4)-c4sc(-c6ccc(-c7cc8c(s7)-c7sc(-c9ccc(-c%10cc%11c(s%10)-c%10sc(Br)cc%10[Si]%11(CC(CC)CCCC)CC(CC)CCCC)c%10nsnc9%10)cc7[Si]8(CC(CC)CCCC)CC(CC)CCCC)c7nsnc67)cc4[Si]5(CC(CC)CCCC)CC(CC)CCCC)c4nsnc34)cc21. The van der Waals surface area contributed by atoms with Gasteiger partial charge in [0.15, 0.2) is 0 Å². The Labute approximate surface area is 887 Å². The Balaban J connectivity index is 0.738. The Morgan fingerprint density at radius 1 is 0.212 bits per heavy atom. The second kappa shape index (κ2) is 45.9. The van der Waals surface area contributed by atoms with E-state index >= 15 is 0 Å². The highest BCUT2D eigenvalue weighted by Gasteiger charge is 2.56. The fraction of sp³-hybridized carbons (Fsp3) is 0.561. The number of aromatic nitrogens is 6. The molecule has 732 valence electrons. The molecule has 18 rings (SSSR count). The van der Waals surface area contributed by atoms with Crippen molar-refractivity contribution in [3.05, 3.63) is 92.5 Å². The first kappa shape index (κ1) is 104. The molecule has 4 aliphatic heterocycles. The van der Waals surface area contributed by atoms with Gasteiger partial charge in [-0.25, -0.2) is 0 Å². The average molecular weight is 2230 g/mol. The number of hydrogen-bond donors (Lipinski definition) is 0. The van der Waals surface area contributed by atoms with Gasteiger partial charge in [0.25, 0.3) is 0 Å². The van der Waals surface area contributed by atoms with Gasteiger partial charge in [-0.15, -0.1) is 90.7 Å². The summed E-state index contributed by atoms with van der Waals surface area (Å²) in [5.41, 5.74) is 14.1. The Kier molecular flexibility index (Phi) is 34.7. The van der Waals surface area contributed by atoms with Crippen LogP contribution in [0, 0.1) is 47.3 Å². The maximum atomic E-state index is 5.50. The first-order valence-electron chi connectivity index (χ1n) is 54.1. The summed E-state index contributed by atoms with van der Waals surface area (Å²) in [6.45, 7) is 39.3. The van der Waals surface area contributed by atoms with E-state index in [2.05, 4.69) is 296 Å². The molecule has 0 bridgehead atoms. The minimum Gasteiger partial charge on any atom is -0.172 e. The third-order valence-corrected chi connectivity index (χ3v) is 69.6. The molecule has 14 aromatic rings. The molecule has 15 heterocycles. The standard InChI is InChI=1S/C114H150Br2N6S11Si4/c1-17-33-41-71(25-9)63-134(64-72(26-10)42-34-18-2)91-55-85(123-107(91)109-93(134)57-87(125-109)81-51-53-83(105-103(81)119-132-121-105)89-59-95-111(127-89)113-97(61-99(115)129-113)136(95,67-75(29-13)45-37-21-5)68-76(30-14)46-38-22-6)79-49-50-80(102-101(79)117-131-118-102)86-56-92-108(124-86)110-94(135(92,65-73(27-11)43-35-19-3)66-74(28-12)44-36-20-4)58-88(126-110)82-52-54-84(106-104(82)120-133-122-106)90-60-96-112(128-90)114-98(62-100(116)130-114)137(96,69-77(31-15)47-39-23-7)70-78(32-16)48-40-24-8/h49-62,71-78H,17-48,63-70H2,1-16H3. The summed E-state index contributed by atoms with van der Waals surface area (Å²) in [7, 11) is -9.37. The van der Waals surface area contributed by atoms with Gasteiger partial charge in [0.1, 0.15) is 65.4 Å². The third-order valence-electron chi connectivity index (χ3n) is 34.0. The fourth-order valence-electron chi connectivity index (χ4n) is 26.0. The molecule has 8 atom stereocenters. The van der Waals surface area contributed by atoms with Crippen LogP contribution < -0.4 is 41.5 Å². The molecule has 0 aliphatic carbocycles. The molecular formula is C114H150Br2N6S11Si4. The topological polar surface area (TPSA) is 77.3 Å². The highest BCUT2D eigenvalue weighted by Crippen LogP contribution is 2.58. The fourth-order valence-corrected chi connectivity index (χ4v) is 70.8. The van der Waals surface area contributed by atoms with Gasteiger partial charge in [-0.05, 0) is 218 Å². The van der Waals surface area contributed by atoms with E-state index in [1.807, 2.05) is 22.7 Å². The minimum atomic E-state index is -2.49. The molecule has 137 heavy (non-hydrogen) atoms. The predicted octanol–water partition coefficient (Wildman–Crippen LogP) is 37.6. The summed E-state index contributed by atoms with van der Waals surface area (Å²) in [6, 6.07) is 47.5. The number of benzene rings is 3. The third kappa shape index (κ3) is 19.8. The predicted molar refractivity (Wildman–Crippen MR) is 637 cm³/mol. The van der Waals surface area contributed by atoms with Gasteiger partial charge < -0.3 is 0 Å². The number of hydrogen-bond acceptors (Lipinski definition) is 17. The van der Waals surface area contributed by atoms with E-state index in [1.54, 1.807) is 80.5 Å². The van der Waals surface area contributed by atoms with Crippen LogP contribution >= 0.6 is 158 Å². The van der Waals surface area contributed by atoms with Crippen molar-refractivity contribution in [2.45, 2.75) is 365 Å². The van der Waals surface area contributed by atoms with Crippen molar-refractivity contribution in [3.8, 4) is 102 Å². The zero-order valence-electron chi connectivity index (χ0n) is 84.9. The normalized spacial score (nSPS) is 19.2. The molecule has 3 aromatic carbocycles. The van der Waals surface area contributed by atoms with Gasteiger partial charge >= 0.3 is 0 Å². The van der Waals surface area contributed by atoms with Crippen LogP contribution in [0.4, 0.5) is 0 Å². The molecule has 0 saturated carbocycles. The van der Waals surface area contributed by atoms with Crippen molar-refractivity contribution in [2.24, 2.45) is 47.3 Å². The summed E-state index contributed by atoms with van der Waals surface area (Å²) in [5, 5.41) is 13.8. The summed E-state index contributed by atoms with van der Waals surface area (Å²) >= 11 is 29.1. The van der Waals surface area contributed by atoms with Crippen LogP contribution in [0.1, 0.15) is 316 Å². The van der Waals surface area contributed by atoms with Crippen molar-refractivity contribution in [1.82, 2.24) is 26.2 Å². The van der Waals surface area contributed by atoms with E-state index in [1.165, 1.54) is 359 Å². The molecule has 0 fully saturated rings. The minimum absolute atomic E-state index is 0.669. The average Bonchev–Trinajstić information content (AvgIpc) is 1.55. The number of unbranched alkanes of at least 4 members (excludes halogenated alkanes) is 8. The van der Waals surface area contributed by atoms with Gasteiger partial charge in [0, 0.05) is 102 Å². The lowest BCUT2D eigenvalue weighted by molar-refractivity contribution is 0.469. The van der Waals surface area contributed by atoms with Crippen LogP contribution in [0.25, 0.3) is 135 Å². The van der Waals surface area contributed by atoms with Gasteiger partial charge in [0.2, 0.25) is 0 Å². The molecule has 0 saturated heterocycles. The smallest absolute Gasteiger partial charge is 0.122 e. The van der Waals surface area contributed by atoms with Gasteiger partial charge in [-0.2, -0.15) is 26.2 Å². The lowest BCUT2D eigenvalue weighted by atomic mass is 10.0. The summed E-state index contributed by atoms with van der Waals surface area (Å²) in [4.78, 5) is 20.8. The zero-order valence-corrected chi connectivity index (χ0v) is 101. The van der Waals surface area contributed by atoms with Crippen LogP contribution in [0.5, 0.6) is 0 Å². The summed E-state index contributed by atoms with van der Waals surface area (Å²) < 4.78 is 35.2. The van der Waals surface area contributed by atoms with Crippen LogP contribution in [-0.4, -0.2) is 58.5 Å². The molecule has 0 radical (unpaired) electrons. The Hall–Kier alpha value is -3.45. The molecule has 23 heteroatoms. The maximum absolute atomic E-state index is 5.50. The van der Waals surface area contributed by atoms with E-state index in [0.717, 1.165) is 56.8 Å². The lowest BCUT2D eigenvalue weighted by Gasteiger charge is -2.35. The second-order valence-corrected chi connectivity index (χ2v) is 71.4. The van der Waals surface area contributed by atoms with Crippen molar-refractivity contribution in [3.63, 3.8) is 0 Å². The van der Waals surface area contributed by atoms with E-state index in [-0.39, 0.29) is 0 Å². The van der Waals surface area contributed by atoms with Gasteiger partial charge in [-0.3, -0.25) is 0 Å². The molecule has 0 N–H and O–H groups in total. The largest absolute Gasteiger partial charge is 0.172 e. The summed E-state index contributed by atoms with van der Waals surface area (Å²) in [5.74, 6) is 5.66. The quantitative estimate of drug-likeness (QED) is 0.0354. The van der Waals surface area contributed by atoms with Gasteiger partial charge in [-0.1, -0.05) is 353 Å². The second-order valence-electron chi connectivity index (χ2n) is 42.4. The Morgan fingerprint density at radius 2 is 0.358 bits per heavy atom. The molecule has 6 nitrogen and oxygen atoms in total. The van der Waals surface area contributed by atoms with Crippen LogP contribution in [-0.2, 0) is 0 Å². The van der Waals surface area contributed by atoms with Crippen molar-refractivity contribution < 1.29 is 0 Å². The van der Waals surface area contributed by atoms with Crippen LogP contribution in [0.15, 0.2) is 92.5 Å². The molecule has 0 amide bonds. The first-order valence-corrected chi connectivity index (χ1v) is 74.1. The number of fused-ring (bicyclic) bond motifs is 15. The zero-order chi connectivity index (χ0) is 95.6. The highest BCUT2D eigenvalue weighted by atomic mass is 79.9. The number of rotatable bonds is 54. The number of thiophene rings is 8. The van der Waals surface area contributed by atoms with E-state index in [0.29, 0.717) is 23.7 Å². The van der Waals surface area contributed by atoms with E-state index < -0.39 is 32.3 Å². The lowest BCUT2D eigenvalue weighted by Crippen LogP contribution is -2.56. The maximum Gasteiger partial charge on any atom is 0.122 e. The van der Waals surface area contributed by atoms with Crippen molar-refractivity contribution >= 4 is 265 Å². The van der Waals surface area contributed by atoms with Crippen LogP contribution in [0.2, 0.25) is 48.4 Å². The summed E-state index contributed by atoms with van der Waals surface area (Å²) in [6.07, 6.45) is 41.1. The Bertz CT molecular complexity index is 6000. The Morgan fingerprint density at radius 3 is 0.504 bits per heavy atom. The number of nitrogens with zero attached hydrogens (tertiary/aromatic N) is 6. The van der Waals surface area contributed by atoms with E-state index in [4.69, 9.17) is 26.2 Å². The van der Waals surface area contributed by atoms with Crippen molar-refractivity contribution in [1.29, 1.82) is 0 Å². The monoisotopic (exact) mass is 2220 g/mol. The van der Waals surface area contributed by atoms with E-state index in [9.17, 15) is 0 Å². The van der Waals surface area contributed by atoms with Crippen LogP contribution in [0.3, 0.4) is 0 Å². The van der Waals surface area contributed by atoms with Gasteiger partial charge in [0.05, 0.1) is 42.8 Å². The molecule has 0 spiro atoms. The highest BCUT2D eigenvalue weighted by molar-refractivity contribution is 9.11. The van der Waals surface area contributed by atoms with Crippen molar-refractivity contribution in [2.75, 3.05) is 0 Å².